The molecule has 0 fully saturated rings. The van der Waals surface area contributed by atoms with E-state index in [1.54, 1.807) is 20.8 Å². The Hall–Kier alpha value is -2.20. The number of ether oxygens (including phenoxy) is 1. The van der Waals surface area contributed by atoms with Crippen LogP contribution in [0.15, 0.2) is 10.5 Å². The minimum atomic E-state index is -0.988. The number of carbonyl (C=O) groups is 2. The predicted octanol–water partition coefficient (Wildman–Crippen LogP) is 0.166. The number of carbonyl (C=O) groups excluding carboxylic acids is 2. The number of aromatic nitrogens is 1. The van der Waals surface area contributed by atoms with E-state index in [0.717, 1.165) is 11.3 Å². The van der Waals surface area contributed by atoms with Crippen molar-refractivity contribution < 1.29 is 19.2 Å². The lowest BCUT2D eigenvalue weighted by atomic mass is 10.2. The van der Waals surface area contributed by atoms with Crippen LogP contribution in [0, 0.1) is 0 Å². The second kappa shape index (κ2) is 7.18. The van der Waals surface area contributed by atoms with Crippen LogP contribution in [0.5, 0.6) is 0 Å². The molecule has 1 aromatic rings. The van der Waals surface area contributed by atoms with Gasteiger partial charge in [0.25, 0.3) is 5.91 Å². The molecule has 22 heavy (non-hydrogen) atoms. The Morgan fingerprint density at radius 2 is 2.09 bits per heavy atom. The smallest absolute Gasteiger partial charge is 0.363 e. The van der Waals surface area contributed by atoms with Crippen LogP contribution in [-0.2, 0) is 19.2 Å². The Morgan fingerprint density at radius 1 is 1.45 bits per heavy atom. The van der Waals surface area contributed by atoms with Crippen molar-refractivity contribution in [2.24, 2.45) is 11.0 Å². The van der Waals surface area contributed by atoms with Crippen LogP contribution in [0.4, 0.5) is 5.13 Å². The van der Waals surface area contributed by atoms with Crippen LogP contribution in [0.1, 0.15) is 33.4 Å². The molecule has 0 saturated heterocycles. The Kier molecular flexibility index (Phi) is 5.83. The van der Waals surface area contributed by atoms with Crippen molar-refractivity contribution in [3.05, 3.63) is 11.1 Å². The summed E-state index contributed by atoms with van der Waals surface area (Å²) in [5, 5.41) is 5.47. The molecule has 0 aliphatic rings. The molecule has 0 aromatic carbocycles. The van der Waals surface area contributed by atoms with E-state index in [1.807, 2.05) is 5.43 Å². The molecule has 0 aliphatic heterocycles. The molecule has 1 aromatic heterocycles. The number of nitrogen functional groups attached to an aromatic ring is 1. The number of oxime groups is 1. The first kappa shape index (κ1) is 17.9. The number of thiazole rings is 1. The zero-order chi connectivity index (χ0) is 16.9. The zero-order valence-electron chi connectivity index (χ0n) is 12.7. The third kappa shape index (κ3) is 5.30. The number of hydrogen-bond donors (Lipinski definition) is 3. The molecule has 0 radical (unpaired) electrons. The topological polar surface area (TPSA) is 142 Å². The van der Waals surface area contributed by atoms with Gasteiger partial charge in [-0.15, -0.1) is 11.3 Å². The van der Waals surface area contributed by atoms with Gasteiger partial charge in [0.05, 0.1) is 0 Å². The Balaban J connectivity index is 3.01. The number of anilines is 1. The minimum Gasteiger partial charge on any atom is -0.455 e. The summed E-state index contributed by atoms with van der Waals surface area (Å²) in [6.45, 7) is 6.56. The van der Waals surface area contributed by atoms with Gasteiger partial charge in [-0.25, -0.2) is 15.6 Å². The van der Waals surface area contributed by atoms with Gasteiger partial charge in [-0.3, -0.25) is 10.2 Å². The van der Waals surface area contributed by atoms with Crippen molar-refractivity contribution in [1.29, 1.82) is 0 Å². The molecule has 0 saturated carbocycles. The number of nitrogens with zero attached hydrogens (tertiary/aromatic N) is 2. The van der Waals surface area contributed by atoms with Crippen LogP contribution < -0.4 is 17.0 Å². The third-order valence-corrected chi connectivity index (χ3v) is 2.84. The van der Waals surface area contributed by atoms with E-state index in [9.17, 15) is 9.59 Å². The van der Waals surface area contributed by atoms with Crippen molar-refractivity contribution in [2.45, 2.75) is 39.4 Å². The minimum absolute atomic E-state index is 0.181. The molecule has 0 aliphatic carbocycles. The van der Waals surface area contributed by atoms with Gasteiger partial charge in [0.2, 0.25) is 11.8 Å². The molecule has 1 unspecified atom stereocenters. The maximum Gasteiger partial charge on any atom is 0.363 e. The van der Waals surface area contributed by atoms with Gasteiger partial charge in [-0.1, -0.05) is 5.16 Å². The van der Waals surface area contributed by atoms with E-state index in [-0.39, 0.29) is 16.5 Å². The average molecular weight is 329 g/mol. The Morgan fingerprint density at radius 3 is 2.55 bits per heavy atom. The second-order valence-corrected chi connectivity index (χ2v) is 6.16. The Bertz CT molecular complexity index is 578. The van der Waals surface area contributed by atoms with Gasteiger partial charge in [0.1, 0.15) is 11.3 Å². The number of esters is 1. The summed E-state index contributed by atoms with van der Waals surface area (Å²) < 4.78 is 5.23. The molecular formula is C12H19N5O4S. The highest BCUT2D eigenvalue weighted by Crippen LogP contribution is 2.15. The largest absolute Gasteiger partial charge is 0.455 e. The molecule has 1 rings (SSSR count). The quantitative estimate of drug-likeness (QED) is 0.230. The predicted molar refractivity (Wildman–Crippen MR) is 81.8 cm³/mol. The van der Waals surface area contributed by atoms with Gasteiger partial charge in [0.15, 0.2) is 5.13 Å². The fourth-order valence-corrected chi connectivity index (χ4v) is 1.76. The third-order valence-electron chi connectivity index (χ3n) is 2.17. The lowest BCUT2D eigenvalue weighted by molar-refractivity contribution is -0.146. The van der Waals surface area contributed by atoms with Gasteiger partial charge < -0.3 is 15.3 Å². The second-order valence-electron chi connectivity index (χ2n) is 5.27. The molecule has 1 amide bonds. The number of hydrazine groups is 1. The molecule has 5 N–H and O–H groups in total. The number of rotatable bonds is 5. The van der Waals surface area contributed by atoms with E-state index in [1.165, 1.54) is 12.3 Å². The van der Waals surface area contributed by atoms with Crippen molar-refractivity contribution in [3.63, 3.8) is 0 Å². The summed E-state index contributed by atoms with van der Waals surface area (Å²) in [6.07, 6.45) is -0.988. The van der Waals surface area contributed by atoms with E-state index < -0.39 is 23.6 Å². The fourth-order valence-electron chi connectivity index (χ4n) is 1.21. The summed E-state index contributed by atoms with van der Waals surface area (Å²) in [7, 11) is 0. The molecule has 122 valence electrons. The summed E-state index contributed by atoms with van der Waals surface area (Å²) in [6, 6.07) is 0. The maximum absolute atomic E-state index is 12.2. The number of nitrogens with one attached hydrogen (secondary N) is 1. The van der Waals surface area contributed by atoms with Crippen LogP contribution in [0.2, 0.25) is 0 Å². The Labute approximate surface area is 131 Å². The zero-order valence-corrected chi connectivity index (χ0v) is 13.6. The summed E-state index contributed by atoms with van der Waals surface area (Å²) in [5.74, 6) is 3.66. The van der Waals surface area contributed by atoms with Crippen molar-refractivity contribution >= 4 is 34.1 Å². The number of amides is 1. The lowest BCUT2D eigenvalue weighted by Gasteiger charge is -2.19. The summed E-state index contributed by atoms with van der Waals surface area (Å²) >= 11 is 1.14. The van der Waals surface area contributed by atoms with Crippen LogP contribution in [-0.4, -0.2) is 34.3 Å². The van der Waals surface area contributed by atoms with Crippen molar-refractivity contribution in [3.8, 4) is 0 Å². The molecular weight excluding hydrogens is 310 g/mol. The highest BCUT2D eigenvalue weighted by atomic mass is 32.1. The molecule has 0 spiro atoms. The summed E-state index contributed by atoms with van der Waals surface area (Å²) in [5.41, 5.74) is 6.77. The van der Waals surface area contributed by atoms with E-state index in [2.05, 4.69) is 10.1 Å². The molecule has 0 bridgehead atoms. The highest BCUT2D eigenvalue weighted by Gasteiger charge is 2.26. The highest BCUT2D eigenvalue weighted by molar-refractivity contribution is 7.13. The van der Waals surface area contributed by atoms with Gasteiger partial charge >= 0.3 is 5.97 Å². The maximum atomic E-state index is 12.2. The molecule has 1 atom stereocenters. The summed E-state index contributed by atoms with van der Waals surface area (Å²) in [4.78, 5) is 32.4. The monoisotopic (exact) mass is 329 g/mol. The first-order valence-electron chi connectivity index (χ1n) is 6.33. The standard InChI is InChI=1S/C12H19N5O4S/c1-6(9(18)16-14)21-17-8(7-5-22-11(13)15-7)10(19)20-12(2,3)4/h5-6H,14H2,1-4H3,(H2,13,15)(H,16,18)/b17-8+. The van der Waals surface area contributed by atoms with Crippen LogP contribution >= 0.6 is 11.3 Å². The van der Waals surface area contributed by atoms with E-state index >= 15 is 0 Å². The normalized spacial score (nSPS) is 13.4. The van der Waals surface area contributed by atoms with Crippen molar-refractivity contribution in [1.82, 2.24) is 10.4 Å². The number of hydrogen-bond acceptors (Lipinski definition) is 9. The lowest BCUT2D eigenvalue weighted by Crippen LogP contribution is -2.38. The van der Waals surface area contributed by atoms with Gasteiger partial charge in [-0.2, -0.15) is 0 Å². The number of nitrogens with two attached hydrogens (primary N) is 2. The first-order valence-corrected chi connectivity index (χ1v) is 7.21. The molecule has 10 heteroatoms. The molecule has 1 heterocycles. The van der Waals surface area contributed by atoms with E-state index in [4.69, 9.17) is 21.2 Å². The average Bonchev–Trinajstić information content (AvgIpc) is 2.82. The van der Waals surface area contributed by atoms with Gasteiger partial charge in [0, 0.05) is 5.38 Å². The fraction of sp³-hybridized carbons (Fsp3) is 0.500. The van der Waals surface area contributed by atoms with Gasteiger partial charge in [-0.05, 0) is 27.7 Å². The van der Waals surface area contributed by atoms with E-state index in [0.29, 0.717) is 0 Å². The molecule has 9 nitrogen and oxygen atoms in total. The van der Waals surface area contributed by atoms with Crippen LogP contribution in [0.25, 0.3) is 0 Å². The van der Waals surface area contributed by atoms with Crippen molar-refractivity contribution in [2.75, 3.05) is 5.73 Å². The SMILES string of the molecule is CC(O/N=C(/C(=O)OC(C)(C)C)c1csc(N)n1)C(=O)NN. The van der Waals surface area contributed by atoms with Crippen LogP contribution in [0.3, 0.4) is 0 Å². The first-order chi connectivity index (χ1) is 10.1.